The zero-order valence-corrected chi connectivity index (χ0v) is 21.1. The van der Waals surface area contributed by atoms with Gasteiger partial charge in [0.15, 0.2) is 0 Å². The third-order valence-corrected chi connectivity index (χ3v) is 7.20. The molecule has 0 radical (unpaired) electrons. The summed E-state index contributed by atoms with van der Waals surface area (Å²) in [4.78, 5) is 15.8. The zero-order chi connectivity index (χ0) is 25.5. The highest BCUT2D eigenvalue weighted by Gasteiger charge is 2.19. The average molecular weight is 504 g/mol. The molecule has 0 aliphatic rings. The van der Waals surface area contributed by atoms with Crippen molar-refractivity contribution < 1.29 is 13.2 Å². The van der Waals surface area contributed by atoms with Crippen molar-refractivity contribution in [2.75, 3.05) is 6.54 Å². The lowest BCUT2D eigenvalue weighted by Gasteiger charge is -2.10. The lowest BCUT2D eigenvalue weighted by molar-refractivity contribution is 0.246. The number of pyridine rings is 1. The molecule has 0 atom stereocenters. The van der Waals surface area contributed by atoms with Crippen molar-refractivity contribution in [1.82, 2.24) is 24.8 Å². The maximum absolute atomic E-state index is 12.2. The van der Waals surface area contributed by atoms with Crippen molar-refractivity contribution in [1.29, 1.82) is 0 Å². The second-order valence-electron chi connectivity index (χ2n) is 8.21. The van der Waals surface area contributed by atoms with Crippen molar-refractivity contribution in [2.24, 2.45) is 0 Å². The highest BCUT2D eigenvalue weighted by atomic mass is 32.2. The summed E-state index contributed by atoms with van der Waals surface area (Å²) < 4.78 is 28.5. The molecule has 8 nitrogen and oxygen atoms in total. The summed E-state index contributed by atoms with van der Waals surface area (Å²) in [6.07, 6.45) is 4.95. The minimum absolute atomic E-state index is 0.0186. The third kappa shape index (κ3) is 5.63. The first-order chi connectivity index (χ1) is 17.4. The van der Waals surface area contributed by atoms with Crippen LogP contribution in [0, 0.1) is 0 Å². The fourth-order valence-electron chi connectivity index (χ4n) is 4.09. The van der Waals surface area contributed by atoms with Crippen LogP contribution in [0.4, 0.5) is 4.79 Å². The van der Waals surface area contributed by atoms with Crippen molar-refractivity contribution >= 4 is 16.1 Å². The van der Waals surface area contributed by atoms with Gasteiger partial charge in [0.1, 0.15) is 0 Å². The Hall–Kier alpha value is -3.98. The Morgan fingerprint density at radius 2 is 1.61 bits per heavy atom. The molecule has 0 unspecified atom stereocenters. The summed E-state index contributed by atoms with van der Waals surface area (Å²) in [6.45, 7) is 4.55. The Balaban J connectivity index is 1.41. The number of aryl methyl sites for hydroxylation is 1. The molecule has 0 fully saturated rings. The van der Waals surface area contributed by atoms with Gasteiger partial charge in [0.05, 0.1) is 22.0 Å². The molecule has 4 aromatic rings. The number of hydrogen-bond donors (Lipinski definition) is 2. The summed E-state index contributed by atoms with van der Waals surface area (Å²) in [5.41, 5.74) is 6.59. The zero-order valence-electron chi connectivity index (χ0n) is 20.3. The molecule has 2 N–H and O–H groups in total. The van der Waals surface area contributed by atoms with E-state index in [1.54, 1.807) is 0 Å². The molecular weight excluding hydrogens is 474 g/mol. The summed E-state index contributed by atoms with van der Waals surface area (Å²) >= 11 is 0. The first-order valence-corrected chi connectivity index (χ1v) is 13.4. The number of hydrogen-bond acceptors (Lipinski definition) is 5. The number of aromatic nitrogens is 3. The molecule has 0 aliphatic heterocycles. The van der Waals surface area contributed by atoms with Gasteiger partial charge in [-0.1, -0.05) is 56.3 Å². The molecule has 9 heteroatoms. The minimum atomic E-state index is -3.93. The van der Waals surface area contributed by atoms with Gasteiger partial charge in [-0.15, -0.1) is 0 Å². The fourth-order valence-corrected chi connectivity index (χ4v) is 5.00. The van der Waals surface area contributed by atoms with E-state index in [1.165, 1.54) is 41.3 Å². The molecule has 0 saturated heterocycles. The number of nitrogens with one attached hydrogen (secondary N) is 2. The molecule has 0 spiro atoms. The number of benzene rings is 2. The van der Waals surface area contributed by atoms with Gasteiger partial charge >= 0.3 is 6.03 Å². The van der Waals surface area contributed by atoms with Gasteiger partial charge in [-0.25, -0.2) is 22.6 Å². The molecule has 4 rings (SSSR count). The van der Waals surface area contributed by atoms with Gasteiger partial charge in [-0.3, -0.25) is 4.98 Å². The number of carbonyl (C=O) groups excluding carboxylic acids is 1. The van der Waals surface area contributed by atoms with Crippen LogP contribution in [0.1, 0.15) is 30.8 Å². The second-order valence-corrected chi connectivity index (χ2v) is 9.90. The van der Waals surface area contributed by atoms with Crippen LogP contribution in [0.5, 0.6) is 0 Å². The molecule has 2 aromatic carbocycles. The van der Waals surface area contributed by atoms with Crippen LogP contribution in [-0.4, -0.2) is 35.8 Å². The Morgan fingerprint density at radius 3 is 2.25 bits per heavy atom. The van der Waals surface area contributed by atoms with E-state index in [1.807, 2.05) is 51.9 Å². The maximum Gasteiger partial charge on any atom is 0.328 e. The Bertz CT molecular complexity index is 1420. The average Bonchev–Trinajstić information content (AvgIpc) is 3.28. The van der Waals surface area contributed by atoms with Crippen molar-refractivity contribution in [2.45, 2.75) is 38.0 Å². The summed E-state index contributed by atoms with van der Waals surface area (Å²) in [5.74, 6) is 0. The maximum atomic E-state index is 12.2. The Labute approximate surface area is 211 Å². The van der Waals surface area contributed by atoms with Crippen molar-refractivity contribution in [3.63, 3.8) is 0 Å². The van der Waals surface area contributed by atoms with E-state index < -0.39 is 16.1 Å². The largest absolute Gasteiger partial charge is 0.337 e. The quantitative estimate of drug-likeness (QED) is 0.354. The highest BCUT2D eigenvalue weighted by molar-refractivity contribution is 7.90. The lowest BCUT2D eigenvalue weighted by Crippen LogP contribution is -2.40. The predicted octanol–water partition coefficient (Wildman–Crippen LogP) is 4.29. The first kappa shape index (κ1) is 25.1. The molecule has 2 amide bonds. The van der Waals surface area contributed by atoms with E-state index in [9.17, 15) is 13.2 Å². The van der Waals surface area contributed by atoms with E-state index in [2.05, 4.69) is 36.3 Å². The van der Waals surface area contributed by atoms with Gasteiger partial charge in [-0.2, -0.15) is 5.10 Å². The summed E-state index contributed by atoms with van der Waals surface area (Å²) in [7, 11) is -3.93. The van der Waals surface area contributed by atoms with E-state index in [-0.39, 0.29) is 11.4 Å². The number of urea groups is 1. The minimum Gasteiger partial charge on any atom is -0.337 e. The van der Waals surface area contributed by atoms with Gasteiger partial charge in [0, 0.05) is 24.5 Å². The van der Waals surface area contributed by atoms with E-state index in [4.69, 9.17) is 5.10 Å². The van der Waals surface area contributed by atoms with Crippen LogP contribution in [-0.2, 0) is 29.3 Å². The monoisotopic (exact) mass is 503 g/mol. The van der Waals surface area contributed by atoms with Crippen LogP contribution >= 0.6 is 0 Å². The van der Waals surface area contributed by atoms with Gasteiger partial charge in [-0.05, 0) is 54.7 Å². The molecule has 2 aromatic heterocycles. The van der Waals surface area contributed by atoms with E-state index in [0.29, 0.717) is 6.42 Å². The summed E-state index contributed by atoms with van der Waals surface area (Å²) in [5, 5.41) is 7.51. The first-order valence-electron chi connectivity index (χ1n) is 11.9. The van der Waals surface area contributed by atoms with Crippen LogP contribution in [0.25, 0.3) is 16.8 Å². The number of sulfonamides is 1. The SMILES string of the molecule is CCc1nn(-c2ccc(CCNC(=O)NS(=O)(=O)c3ccncc3)cc2)c(CC)c1-c1ccccc1. The van der Waals surface area contributed by atoms with Crippen LogP contribution in [0.2, 0.25) is 0 Å². The third-order valence-electron chi connectivity index (χ3n) is 5.85. The smallest absolute Gasteiger partial charge is 0.328 e. The second kappa shape index (κ2) is 11.2. The number of carbonyl (C=O) groups is 1. The van der Waals surface area contributed by atoms with E-state index in [0.717, 1.165) is 29.8 Å². The molecular formula is C27H29N5O3S. The standard InChI is InChI=1S/C27H29N5O3S/c1-3-24-26(21-8-6-5-7-9-21)25(4-2)32(30-24)22-12-10-20(11-13-22)14-19-29-27(33)31-36(34,35)23-15-17-28-18-16-23/h5-13,15-18H,3-4,14,19H2,1-2H3,(H2,29,31,33). The molecule has 0 aliphatic carbocycles. The number of nitrogens with zero attached hydrogens (tertiary/aromatic N) is 3. The van der Waals surface area contributed by atoms with Gasteiger partial charge in [0.25, 0.3) is 10.0 Å². The highest BCUT2D eigenvalue weighted by Crippen LogP contribution is 2.30. The normalized spacial score (nSPS) is 11.3. The lowest BCUT2D eigenvalue weighted by atomic mass is 10.0. The van der Waals surface area contributed by atoms with Crippen LogP contribution in [0.15, 0.2) is 84.0 Å². The molecule has 2 heterocycles. The van der Waals surface area contributed by atoms with Gasteiger partial charge < -0.3 is 5.32 Å². The number of rotatable bonds is 9. The van der Waals surface area contributed by atoms with Crippen molar-refractivity contribution in [3.05, 3.63) is 96.1 Å². The number of amides is 2. The summed E-state index contributed by atoms with van der Waals surface area (Å²) in [6, 6.07) is 20.3. The van der Waals surface area contributed by atoms with Crippen LogP contribution < -0.4 is 10.0 Å². The fraction of sp³-hybridized carbons (Fsp3) is 0.222. The van der Waals surface area contributed by atoms with Crippen LogP contribution in [0.3, 0.4) is 0 Å². The molecule has 0 bridgehead atoms. The van der Waals surface area contributed by atoms with Gasteiger partial charge in [0.2, 0.25) is 0 Å². The van der Waals surface area contributed by atoms with Crippen molar-refractivity contribution in [3.8, 4) is 16.8 Å². The predicted molar refractivity (Wildman–Crippen MR) is 139 cm³/mol. The topological polar surface area (TPSA) is 106 Å². The Morgan fingerprint density at radius 1 is 0.917 bits per heavy atom. The van der Waals surface area contributed by atoms with E-state index >= 15 is 0 Å². The molecule has 0 saturated carbocycles. The molecule has 36 heavy (non-hydrogen) atoms. The molecule has 186 valence electrons. The Kier molecular flexibility index (Phi) is 7.80.